The summed E-state index contributed by atoms with van der Waals surface area (Å²) in [6.45, 7) is 2.88. The summed E-state index contributed by atoms with van der Waals surface area (Å²) < 4.78 is 0. The molecule has 2 rings (SSSR count). The molecule has 0 amide bonds. The van der Waals surface area contributed by atoms with E-state index in [0.29, 0.717) is 18.7 Å². The molecule has 0 atom stereocenters. The van der Waals surface area contributed by atoms with Crippen molar-refractivity contribution in [2.45, 2.75) is 57.6 Å². The molecular formula is C16H24N2O3. The first-order valence-corrected chi connectivity index (χ1v) is 7.68. The highest BCUT2D eigenvalue weighted by Gasteiger charge is 2.27. The maximum Gasteiger partial charge on any atom is 0.272 e. The average molecular weight is 292 g/mol. The molecule has 0 spiro atoms. The van der Waals surface area contributed by atoms with Gasteiger partial charge in [-0.25, -0.2) is 0 Å². The largest absolute Gasteiger partial charge is 0.389 e. The third-order valence-electron chi connectivity index (χ3n) is 4.42. The van der Waals surface area contributed by atoms with Gasteiger partial charge in [0, 0.05) is 24.7 Å². The quantitative estimate of drug-likeness (QED) is 0.497. The Hall–Kier alpha value is -1.46. The zero-order valence-electron chi connectivity index (χ0n) is 12.6. The molecule has 0 heterocycles. The van der Waals surface area contributed by atoms with Crippen LogP contribution in [0.5, 0.6) is 0 Å². The summed E-state index contributed by atoms with van der Waals surface area (Å²) in [4.78, 5) is 10.6. The number of nitrogens with one attached hydrogen (secondary N) is 1. The summed E-state index contributed by atoms with van der Waals surface area (Å²) in [7, 11) is 0. The maximum atomic E-state index is 10.9. The first-order valence-electron chi connectivity index (χ1n) is 7.68. The Kier molecular flexibility index (Phi) is 5.31. The van der Waals surface area contributed by atoms with E-state index in [9.17, 15) is 15.2 Å². The SMILES string of the molecule is Cc1c(CNCC2(O)CCCCCC2)cccc1[N+](=O)[O-]. The number of hydrogen-bond acceptors (Lipinski definition) is 4. The van der Waals surface area contributed by atoms with E-state index in [0.717, 1.165) is 31.2 Å². The summed E-state index contributed by atoms with van der Waals surface area (Å²) in [5.74, 6) is 0. The minimum atomic E-state index is -0.620. The second-order valence-electron chi connectivity index (χ2n) is 6.06. The molecule has 1 aliphatic rings. The molecule has 0 saturated heterocycles. The van der Waals surface area contributed by atoms with Crippen molar-refractivity contribution in [1.29, 1.82) is 0 Å². The fourth-order valence-electron chi connectivity index (χ4n) is 3.05. The Morgan fingerprint density at radius 1 is 1.29 bits per heavy atom. The topological polar surface area (TPSA) is 75.4 Å². The Morgan fingerprint density at radius 2 is 1.95 bits per heavy atom. The monoisotopic (exact) mass is 292 g/mol. The van der Waals surface area contributed by atoms with Crippen LogP contribution in [-0.4, -0.2) is 22.2 Å². The lowest BCUT2D eigenvalue weighted by atomic mass is 9.94. The van der Waals surface area contributed by atoms with Crippen LogP contribution < -0.4 is 5.32 Å². The summed E-state index contributed by atoms with van der Waals surface area (Å²) in [5, 5.41) is 24.8. The van der Waals surface area contributed by atoms with Gasteiger partial charge in [-0.1, -0.05) is 37.8 Å². The number of nitro benzene ring substituents is 1. The van der Waals surface area contributed by atoms with Crippen LogP contribution in [0, 0.1) is 17.0 Å². The first kappa shape index (κ1) is 15.9. The van der Waals surface area contributed by atoms with Crippen LogP contribution in [0.2, 0.25) is 0 Å². The zero-order valence-corrected chi connectivity index (χ0v) is 12.6. The molecule has 5 heteroatoms. The van der Waals surface area contributed by atoms with Gasteiger partial charge in [0.25, 0.3) is 5.69 Å². The number of rotatable bonds is 5. The van der Waals surface area contributed by atoms with Crippen LogP contribution in [0.3, 0.4) is 0 Å². The van der Waals surface area contributed by atoms with E-state index in [1.165, 1.54) is 18.9 Å². The van der Waals surface area contributed by atoms with Crippen molar-refractivity contribution in [2.75, 3.05) is 6.54 Å². The molecule has 1 fully saturated rings. The van der Waals surface area contributed by atoms with Gasteiger partial charge >= 0.3 is 0 Å². The highest BCUT2D eigenvalue weighted by Crippen LogP contribution is 2.26. The lowest BCUT2D eigenvalue weighted by Crippen LogP contribution is -2.40. The normalized spacial score (nSPS) is 18.2. The molecule has 1 saturated carbocycles. The molecule has 0 radical (unpaired) electrons. The lowest BCUT2D eigenvalue weighted by molar-refractivity contribution is -0.385. The molecule has 21 heavy (non-hydrogen) atoms. The standard InChI is InChI=1S/C16H24N2O3/c1-13-14(7-6-8-15(13)18(20)21)11-17-12-16(19)9-4-2-3-5-10-16/h6-8,17,19H,2-5,9-12H2,1H3. The molecule has 0 aliphatic heterocycles. The average Bonchev–Trinajstić information content (AvgIpc) is 2.65. The molecule has 2 N–H and O–H groups in total. The van der Waals surface area contributed by atoms with Crippen molar-refractivity contribution in [1.82, 2.24) is 5.32 Å². The Morgan fingerprint density at radius 3 is 2.57 bits per heavy atom. The maximum absolute atomic E-state index is 10.9. The van der Waals surface area contributed by atoms with Crippen molar-refractivity contribution in [3.8, 4) is 0 Å². The van der Waals surface area contributed by atoms with E-state index in [1.807, 2.05) is 6.07 Å². The third kappa shape index (κ3) is 4.25. The van der Waals surface area contributed by atoms with Gasteiger partial charge in [-0.3, -0.25) is 10.1 Å². The smallest absolute Gasteiger partial charge is 0.272 e. The third-order valence-corrected chi connectivity index (χ3v) is 4.42. The summed E-state index contributed by atoms with van der Waals surface area (Å²) in [6.07, 6.45) is 6.24. The van der Waals surface area contributed by atoms with E-state index < -0.39 is 5.60 Å². The molecule has 1 aliphatic carbocycles. The minimum Gasteiger partial charge on any atom is -0.389 e. The van der Waals surface area contributed by atoms with Gasteiger partial charge in [0.2, 0.25) is 0 Å². The summed E-state index contributed by atoms with van der Waals surface area (Å²) in [6, 6.07) is 5.13. The molecule has 1 aromatic rings. The van der Waals surface area contributed by atoms with Crippen LogP contribution in [0.15, 0.2) is 18.2 Å². The van der Waals surface area contributed by atoms with Crippen LogP contribution in [0.4, 0.5) is 5.69 Å². The predicted octanol–water partition coefficient (Wildman–Crippen LogP) is 3.08. The lowest BCUT2D eigenvalue weighted by Gasteiger charge is -2.27. The number of benzene rings is 1. The van der Waals surface area contributed by atoms with Gasteiger partial charge < -0.3 is 10.4 Å². The van der Waals surface area contributed by atoms with E-state index in [2.05, 4.69) is 5.32 Å². The Balaban J connectivity index is 1.94. The fraction of sp³-hybridized carbons (Fsp3) is 0.625. The van der Waals surface area contributed by atoms with Crippen molar-refractivity contribution < 1.29 is 10.0 Å². The van der Waals surface area contributed by atoms with Crippen LogP contribution in [0.1, 0.15) is 49.7 Å². The van der Waals surface area contributed by atoms with E-state index >= 15 is 0 Å². The van der Waals surface area contributed by atoms with Crippen molar-refractivity contribution in [2.24, 2.45) is 0 Å². The Bertz CT molecular complexity index is 494. The second kappa shape index (κ2) is 7.00. The van der Waals surface area contributed by atoms with Crippen LogP contribution in [-0.2, 0) is 6.54 Å². The molecule has 5 nitrogen and oxygen atoms in total. The van der Waals surface area contributed by atoms with Crippen molar-refractivity contribution >= 4 is 5.69 Å². The number of aliphatic hydroxyl groups is 1. The number of hydrogen-bond donors (Lipinski definition) is 2. The van der Waals surface area contributed by atoms with Gasteiger partial charge in [-0.2, -0.15) is 0 Å². The van der Waals surface area contributed by atoms with Crippen LogP contribution in [0.25, 0.3) is 0 Å². The summed E-state index contributed by atoms with van der Waals surface area (Å²) >= 11 is 0. The van der Waals surface area contributed by atoms with Crippen molar-refractivity contribution in [3.05, 3.63) is 39.4 Å². The van der Waals surface area contributed by atoms with Gasteiger partial charge in [0.05, 0.1) is 10.5 Å². The number of nitro groups is 1. The highest BCUT2D eigenvalue weighted by molar-refractivity contribution is 5.44. The molecule has 1 aromatic carbocycles. The summed E-state index contributed by atoms with van der Waals surface area (Å²) in [5.41, 5.74) is 1.15. The predicted molar refractivity (Wildman–Crippen MR) is 82.2 cm³/mol. The molecule has 0 unspecified atom stereocenters. The van der Waals surface area contributed by atoms with E-state index in [4.69, 9.17) is 0 Å². The fourth-order valence-corrected chi connectivity index (χ4v) is 3.05. The van der Waals surface area contributed by atoms with Gasteiger partial charge in [0.1, 0.15) is 0 Å². The van der Waals surface area contributed by atoms with Gasteiger partial charge in [0.15, 0.2) is 0 Å². The molecular weight excluding hydrogens is 268 g/mol. The van der Waals surface area contributed by atoms with Crippen molar-refractivity contribution in [3.63, 3.8) is 0 Å². The Labute approximate surface area is 125 Å². The molecule has 0 aromatic heterocycles. The van der Waals surface area contributed by atoms with Gasteiger partial charge in [-0.05, 0) is 25.3 Å². The first-order chi connectivity index (χ1) is 10.0. The minimum absolute atomic E-state index is 0.155. The van der Waals surface area contributed by atoms with Gasteiger partial charge in [-0.15, -0.1) is 0 Å². The van der Waals surface area contributed by atoms with E-state index in [1.54, 1.807) is 13.0 Å². The van der Waals surface area contributed by atoms with E-state index in [-0.39, 0.29) is 10.6 Å². The van der Waals surface area contributed by atoms with Crippen LogP contribution >= 0.6 is 0 Å². The number of nitrogens with zero attached hydrogens (tertiary/aromatic N) is 1. The molecule has 116 valence electrons. The second-order valence-corrected chi connectivity index (χ2v) is 6.06. The molecule has 0 bridgehead atoms. The highest BCUT2D eigenvalue weighted by atomic mass is 16.6. The zero-order chi connectivity index (χ0) is 15.3.